The summed E-state index contributed by atoms with van der Waals surface area (Å²) in [5, 5.41) is 2.10. The molecule has 1 amide bonds. The summed E-state index contributed by atoms with van der Waals surface area (Å²) in [6, 6.07) is 3.15. The van der Waals surface area contributed by atoms with E-state index in [0.29, 0.717) is 0 Å². The van der Waals surface area contributed by atoms with Crippen molar-refractivity contribution in [1.82, 2.24) is 0 Å². The molecule has 0 saturated heterocycles. The molecule has 0 aliphatic heterocycles. The van der Waals surface area contributed by atoms with Gasteiger partial charge in [0, 0.05) is 18.0 Å². The van der Waals surface area contributed by atoms with Crippen LogP contribution in [0.2, 0.25) is 5.02 Å². The topological polar surface area (TPSA) is 55.1 Å². The van der Waals surface area contributed by atoms with Gasteiger partial charge in [-0.25, -0.2) is 0 Å². The van der Waals surface area contributed by atoms with Gasteiger partial charge in [-0.2, -0.15) is 13.2 Å². The van der Waals surface area contributed by atoms with Gasteiger partial charge < -0.3 is 11.1 Å². The lowest BCUT2D eigenvalue weighted by atomic mass is 10.1. The third-order valence-corrected chi connectivity index (χ3v) is 2.17. The highest BCUT2D eigenvalue weighted by Crippen LogP contribution is 2.36. The molecule has 3 nitrogen and oxygen atoms in total. The lowest BCUT2D eigenvalue weighted by molar-refractivity contribution is -0.137. The number of anilines is 1. The van der Waals surface area contributed by atoms with Crippen LogP contribution in [0.3, 0.4) is 0 Å². The number of benzene rings is 1. The maximum absolute atomic E-state index is 12.6. The van der Waals surface area contributed by atoms with Gasteiger partial charge in [-0.15, -0.1) is 0 Å². The fraction of sp³-hybridized carbons (Fsp3) is 0.300. The predicted octanol–water partition coefficient (Wildman–Crippen LogP) is 2.65. The van der Waals surface area contributed by atoms with Crippen molar-refractivity contribution in [2.45, 2.75) is 12.6 Å². The lowest BCUT2D eigenvalue weighted by Gasteiger charge is -2.13. The first-order chi connectivity index (χ1) is 7.84. The average Bonchev–Trinajstić information content (AvgIpc) is 2.19. The molecule has 1 aromatic carbocycles. The van der Waals surface area contributed by atoms with Gasteiger partial charge in [0.2, 0.25) is 5.91 Å². The minimum absolute atomic E-state index is 0.0417. The van der Waals surface area contributed by atoms with Crippen molar-refractivity contribution in [3.63, 3.8) is 0 Å². The molecule has 0 heterocycles. The molecule has 0 bridgehead atoms. The molecule has 0 aliphatic rings. The number of rotatable bonds is 3. The van der Waals surface area contributed by atoms with Crippen LogP contribution >= 0.6 is 11.6 Å². The van der Waals surface area contributed by atoms with Crippen molar-refractivity contribution < 1.29 is 18.0 Å². The Balaban J connectivity index is 3.03. The Kier molecular flexibility index (Phi) is 4.36. The Hall–Kier alpha value is -1.27. The zero-order valence-corrected chi connectivity index (χ0v) is 9.40. The normalized spacial score (nSPS) is 11.4. The van der Waals surface area contributed by atoms with Gasteiger partial charge in [-0.3, -0.25) is 4.79 Å². The molecule has 17 heavy (non-hydrogen) atoms. The van der Waals surface area contributed by atoms with Gasteiger partial charge in [-0.05, 0) is 18.2 Å². The molecular weight excluding hydrogens is 257 g/mol. The molecule has 1 aromatic rings. The number of nitrogens with one attached hydrogen (secondary N) is 1. The van der Waals surface area contributed by atoms with Gasteiger partial charge in [-0.1, -0.05) is 11.6 Å². The summed E-state index contributed by atoms with van der Waals surface area (Å²) in [5.41, 5.74) is 3.83. The van der Waals surface area contributed by atoms with Crippen LogP contribution in [-0.4, -0.2) is 12.5 Å². The summed E-state index contributed by atoms with van der Waals surface area (Å²) >= 11 is 5.49. The SMILES string of the molecule is NCCC(=O)Nc1ccc(Cl)cc1C(F)(F)F. The maximum Gasteiger partial charge on any atom is 0.418 e. The lowest BCUT2D eigenvalue weighted by Crippen LogP contribution is -2.19. The Morgan fingerprint density at radius 3 is 2.59 bits per heavy atom. The van der Waals surface area contributed by atoms with Crippen LogP contribution in [0.5, 0.6) is 0 Å². The third-order valence-electron chi connectivity index (χ3n) is 1.93. The van der Waals surface area contributed by atoms with Gasteiger partial charge in [0.25, 0.3) is 0 Å². The van der Waals surface area contributed by atoms with Gasteiger partial charge in [0.15, 0.2) is 0 Å². The Morgan fingerprint density at radius 1 is 1.41 bits per heavy atom. The van der Waals surface area contributed by atoms with E-state index >= 15 is 0 Å². The van der Waals surface area contributed by atoms with Crippen LogP contribution < -0.4 is 11.1 Å². The minimum Gasteiger partial charge on any atom is -0.330 e. The Bertz CT molecular complexity index is 421. The second kappa shape index (κ2) is 5.37. The Morgan fingerprint density at radius 2 is 2.06 bits per heavy atom. The number of nitrogens with two attached hydrogens (primary N) is 1. The van der Waals surface area contributed by atoms with Crippen molar-refractivity contribution >= 4 is 23.2 Å². The summed E-state index contributed by atoms with van der Waals surface area (Å²) in [7, 11) is 0. The number of alkyl halides is 3. The summed E-state index contributed by atoms with van der Waals surface area (Å²) in [5.74, 6) is -0.569. The van der Waals surface area contributed by atoms with Crippen LogP contribution in [0, 0.1) is 0 Å². The molecule has 7 heteroatoms. The number of hydrogen-bond donors (Lipinski definition) is 2. The Labute approximate surface area is 101 Å². The molecule has 0 unspecified atom stereocenters. The predicted molar refractivity (Wildman–Crippen MR) is 58.8 cm³/mol. The van der Waals surface area contributed by atoms with Crippen molar-refractivity contribution in [2.24, 2.45) is 5.73 Å². The van der Waals surface area contributed by atoms with E-state index in [2.05, 4.69) is 5.32 Å². The van der Waals surface area contributed by atoms with E-state index in [4.69, 9.17) is 17.3 Å². The van der Waals surface area contributed by atoms with Gasteiger partial charge in [0.05, 0.1) is 11.3 Å². The van der Waals surface area contributed by atoms with E-state index in [0.717, 1.165) is 12.1 Å². The van der Waals surface area contributed by atoms with Crippen LogP contribution in [0.1, 0.15) is 12.0 Å². The smallest absolute Gasteiger partial charge is 0.330 e. The molecule has 94 valence electrons. The van der Waals surface area contributed by atoms with E-state index < -0.39 is 17.6 Å². The molecule has 0 saturated carbocycles. The van der Waals surface area contributed by atoms with E-state index in [9.17, 15) is 18.0 Å². The fourth-order valence-electron chi connectivity index (χ4n) is 1.20. The molecule has 0 fully saturated rings. The average molecular weight is 267 g/mol. The first kappa shape index (κ1) is 13.8. The van der Waals surface area contributed by atoms with Gasteiger partial charge in [0.1, 0.15) is 0 Å². The van der Waals surface area contributed by atoms with Crippen LogP contribution in [-0.2, 0) is 11.0 Å². The second-order valence-electron chi connectivity index (χ2n) is 3.27. The molecule has 0 aromatic heterocycles. The van der Waals surface area contributed by atoms with E-state index in [1.807, 2.05) is 0 Å². The molecule has 0 spiro atoms. The van der Waals surface area contributed by atoms with Crippen molar-refractivity contribution in [1.29, 1.82) is 0 Å². The standard InChI is InChI=1S/C10H10ClF3N2O/c11-6-1-2-8(16-9(17)3-4-15)7(5-6)10(12,13)14/h1-2,5H,3-4,15H2,(H,16,17). The summed E-state index contributed by atoms with van der Waals surface area (Å²) in [4.78, 5) is 11.2. The molecular formula is C10H10ClF3N2O. The second-order valence-corrected chi connectivity index (χ2v) is 3.71. The summed E-state index contributed by atoms with van der Waals surface area (Å²) in [6.45, 7) is 0.0702. The van der Waals surface area contributed by atoms with Crippen molar-refractivity contribution in [3.8, 4) is 0 Å². The molecule has 0 aliphatic carbocycles. The minimum atomic E-state index is -4.57. The monoisotopic (exact) mass is 266 g/mol. The van der Waals surface area contributed by atoms with Crippen LogP contribution in [0.4, 0.5) is 18.9 Å². The zero-order chi connectivity index (χ0) is 13.1. The molecule has 0 radical (unpaired) electrons. The first-order valence-corrected chi connectivity index (χ1v) is 5.09. The highest BCUT2D eigenvalue weighted by molar-refractivity contribution is 6.30. The highest BCUT2D eigenvalue weighted by Gasteiger charge is 2.34. The van der Waals surface area contributed by atoms with Gasteiger partial charge >= 0.3 is 6.18 Å². The molecule has 1 rings (SSSR count). The number of carbonyl (C=O) groups is 1. The highest BCUT2D eigenvalue weighted by atomic mass is 35.5. The van der Waals surface area contributed by atoms with E-state index in [1.165, 1.54) is 6.07 Å². The van der Waals surface area contributed by atoms with Crippen molar-refractivity contribution in [2.75, 3.05) is 11.9 Å². The van der Waals surface area contributed by atoms with E-state index in [1.54, 1.807) is 0 Å². The third kappa shape index (κ3) is 3.90. The van der Waals surface area contributed by atoms with Crippen LogP contribution in [0.25, 0.3) is 0 Å². The quantitative estimate of drug-likeness (QED) is 0.884. The zero-order valence-electron chi connectivity index (χ0n) is 8.64. The largest absolute Gasteiger partial charge is 0.418 e. The number of hydrogen-bond acceptors (Lipinski definition) is 2. The number of carbonyl (C=O) groups excluding carboxylic acids is 1. The first-order valence-electron chi connectivity index (χ1n) is 4.71. The molecule has 0 atom stereocenters. The van der Waals surface area contributed by atoms with Crippen LogP contribution in [0.15, 0.2) is 18.2 Å². The maximum atomic E-state index is 12.6. The van der Waals surface area contributed by atoms with Crippen molar-refractivity contribution in [3.05, 3.63) is 28.8 Å². The molecule has 3 N–H and O–H groups in total. The number of halogens is 4. The van der Waals surface area contributed by atoms with E-state index in [-0.39, 0.29) is 23.7 Å². The number of amides is 1. The summed E-state index contributed by atoms with van der Waals surface area (Å²) in [6.07, 6.45) is -4.61. The fourth-order valence-corrected chi connectivity index (χ4v) is 1.38. The summed E-state index contributed by atoms with van der Waals surface area (Å²) < 4.78 is 37.9.